The normalized spacial score (nSPS) is 10.7. The van der Waals surface area contributed by atoms with Gasteiger partial charge in [0.05, 0.1) is 5.56 Å². The number of nitrogen functional groups attached to an aromatic ring is 1. The maximum Gasteiger partial charge on any atom is 0.340 e. The molecule has 116 valence electrons. The number of halogens is 2. The van der Waals surface area contributed by atoms with Crippen molar-refractivity contribution in [3.05, 3.63) is 77.4 Å². The predicted octanol–water partition coefficient (Wildman–Crippen LogP) is 4.06. The molecule has 0 unspecified atom stereocenters. The SMILES string of the molecule is Nc1cc(F)c(F)cc1C(=O)OCc1ccc2ccccc2c1. The van der Waals surface area contributed by atoms with E-state index in [4.69, 9.17) is 10.5 Å². The van der Waals surface area contributed by atoms with Crippen LogP contribution in [-0.4, -0.2) is 5.97 Å². The summed E-state index contributed by atoms with van der Waals surface area (Å²) in [6, 6.07) is 15.0. The summed E-state index contributed by atoms with van der Waals surface area (Å²) in [5.41, 5.74) is 5.97. The fourth-order valence-corrected chi connectivity index (χ4v) is 2.29. The number of carbonyl (C=O) groups is 1. The van der Waals surface area contributed by atoms with Crippen molar-refractivity contribution in [2.45, 2.75) is 6.61 Å². The second-order valence-electron chi connectivity index (χ2n) is 5.11. The van der Waals surface area contributed by atoms with E-state index in [0.29, 0.717) is 0 Å². The van der Waals surface area contributed by atoms with Gasteiger partial charge in [-0.3, -0.25) is 0 Å². The van der Waals surface area contributed by atoms with E-state index in [0.717, 1.165) is 28.5 Å². The molecule has 0 heterocycles. The Morgan fingerprint density at radius 2 is 1.65 bits per heavy atom. The minimum absolute atomic E-state index is 0.0160. The van der Waals surface area contributed by atoms with Crippen molar-refractivity contribution in [1.82, 2.24) is 0 Å². The molecule has 0 aromatic heterocycles. The van der Waals surface area contributed by atoms with Crippen molar-refractivity contribution < 1.29 is 18.3 Å². The molecule has 0 spiro atoms. The van der Waals surface area contributed by atoms with Crippen molar-refractivity contribution in [2.75, 3.05) is 5.73 Å². The van der Waals surface area contributed by atoms with Gasteiger partial charge in [-0.05, 0) is 28.5 Å². The van der Waals surface area contributed by atoms with Crippen LogP contribution in [0.4, 0.5) is 14.5 Å². The summed E-state index contributed by atoms with van der Waals surface area (Å²) in [4.78, 5) is 12.0. The first kappa shape index (κ1) is 15.0. The van der Waals surface area contributed by atoms with Crippen molar-refractivity contribution >= 4 is 22.4 Å². The molecule has 2 N–H and O–H groups in total. The third kappa shape index (κ3) is 3.13. The third-order valence-electron chi connectivity index (χ3n) is 3.50. The van der Waals surface area contributed by atoms with Gasteiger partial charge in [-0.25, -0.2) is 13.6 Å². The lowest BCUT2D eigenvalue weighted by Gasteiger charge is -2.08. The number of nitrogens with two attached hydrogens (primary N) is 1. The molecule has 23 heavy (non-hydrogen) atoms. The van der Waals surface area contributed by atoms with Gasteiger partial charge in [0.25, 0.3) is 0 Å². The first-order valence-electron chi connectivity index (χ1n) is 6.94. The summed E-state index contributed by atoms with van der Waals surface area (Å²) in [6.07, 6.45) is 0. The Morgan fingerprint density at radius 3 is 2.43 bits per heavy atom. The van der Waals surface area contributed by atoms with Crippen molar-refractivity contribution in [3.63, 3.8) is 0 Å². The number of fused-ring (bicyclic) bond motifs is 1. The average molecular weight is 313 g/mol. The fourth-order valence-electron chi connectivity index (χ4n) is 2.29. The Kier molecular flexibility index (Phi) is 3.93. The Bertz CT molecular complexity index is 893. The number of carbonyl (C=O) groups excluding carboxylic acids is 1. The highest BCUT2D eigenvalue weighted by Gasteiger charge is 2.15. The topological polar surface area (TPSA) is 52.3 Å². The number of hydrogen-bond donors (Lipinski definition) is 1. The number of benzene rings is 3. The maximum atomic E-state index is 13.2. The molecule has 0 saturated heterocycles. The second-order valence-corrected chi connectivity index (χ2v) is 5.11. The molecular formula is C18H13F2NO2. The summed E-state index contributed by atoms with van der Waals surface area (Å²) < 4.78 is 31.4. The first-order valence-corrected chi connectivity index (χ1v) is 6.94. The molecule has 0 radical (unpaired) electrons. The zero-order valence-electron chi connectivity index (χ0n) is 12.1. The number of rotatable bonds is 3. The largest absolute Gasteiger partial charge is 0.457 e. The Balaban J connectivity index is 1.76. The molecule has 0 saturated carbocycles. The summed E-state index contributed by atoms with van der Waals surface area (Å²) in [7, 11) is 0. The molecule has 3 rings (SSSR count). The lowest BCUT2D eigenvalue weighted by molar-refractivity contribution is 0.0473. The van der Waals surface area contributed by atoms with Crippen molar-refractivity contribution in [3.8, 4) is 0 Å². The number of hydrogen-bond acceptors (Lipinski definition) is 3. The number of anilines is 1. The third-order valence-corrected chi connectivity index (χ3v) is 3.50. The Morgan fingerprint density at radius 1 is 0.957 bits per heavy atom. The van der Waals surface area contributed by atoms with Crippen LogP contribution in [0.2, 0.25) is 0 Å². The van der Waals surface area contributed by atoms with Gasteiger partial charge in [-0.15, -0.1) is 0 Å². The molecule has 0 aliphatic carbocycles. The van der Waals surface area contributed by atoms with Gasteiger partial charge in [0.2, 0.25) is 0 Å². The van der Waals surface area contributed by atoms with Crippen LogP contribution in [0.5, 0.6) is 0 Å². The van der Waals surface area contributed by atoms with Gasteiger partial charge in [0.15, 0.2) is 11.6 Å². The van der Waals surface area contributed by atoms with Crippen LogP contribution < -0.4 is 5.73 Å². The highest BCUT2D eigenvalue weighted by atomic mass is 19.2. The zero-order chi connectivity index (χ0) is 16.4. The lowest BCUT2D eigenvalue weighted by Crippen LogP contribution is -2.09. The van der Waals surface area contributed by atoms with E-state index in [9.17, 15) is 13.6 Å². The minimum atomic E-state index is -1.14. The molecule has 0 amide bonds. The summed E-state index contributed by atoms with van der Waals surface area (Å²) in [5, 5.41) is 2.10. The van der Waals surface area contributed by atoms with Crippen LogP contribution in [0, 0.1) is 11.6 Å². The van der Waals surface area contributed by atoms with Gasteiger partial charge >= 0.3 is 5.97 Å². The monoisotopic (exact) mass is 313 g/mol. The van der Waals surface area contributed by atoms with Crippen LogP contribution >= 0.6 is 0 Å². The summed E-state index contributed by atoms with van der Waals surface area (Å²) in [5.74, 6) is -3.04. The molecule has 3 nitrogen and oxygen atoms in total. The van der Waals surface area contributed by atoms with E-state index in [1.54, 1.807) is 0 Å². The molecule has 5 heteroatoms. The molecule has 0 atom stereocenters. The van der Waals surface area contributed by atoms with Gasteiger partial charge in [-0.1, -0.05) is 36.4 Å². The smallest absolute Gasteiger partial charge is 0.340 e. The van der Waals surface area contributed by atoms with Crippen LogP contribution in [-0.2, 0) is 11.3 Å². The summed E-state index contributed by atoms with van der Waals surface area (Å²) in [6.45, 7) is 0.0160. The van der Waals surface area contributed by atoms with Crippen molar-refractivity contribution in [2.24, 2.45) is 0 Å². The molecule has 3 aromatic carbocycles. The maximum absolute atomic E-state index is 13.2. The molecule has 0 aliphatic heterocycles. The number of ether oxygens (including phenoxy) is 1. The van der Waals surface area contributed by atoms with Gasteiger partial charge < -0.3 is 10.5 Å². The minimum Gasteiger partial charge on any atom is -0.457 e. The van der Waals surface area contributed by atoms with Crippen molar-refractivity contribution in [1.29, 1.82) is 0 Å². The highest BCUT2D eigenvalue weighted by molar-refractivity contribution is 5.95. The average Bonchev–Trinajstić information content (AvgIpc) is 2.55. The Hall–Kier alpha value is -2.95. The van der Waals surface area contributed by atoms with E-state index >= 15 is 0 Å². The van der Waals surface area contributed by atoms with Gasteiger partial charge in [-0.2, -0.15) is 0 Å². The van der Waals surface area contributed by atoms with Gasteiger partial charge in [0.1, 0.15) is 6.61 Å². The number of esters is 1. The molecular weight excluding hydrogens is 300 g/mol. The fraction of sp³-hybridized carbons (Fsp3) is 0.0556. The molecule has 0 fully saturated rings. The van der Waals surface area contributed by atoms with Crippen LogP contribution in [0.1, 0.15) is 15.9 Å². The van der Waals surface area contributed by atoms with Gasteiger partial charge in [0, 0.05) is 11.8 Å². The second kappa shape index (κ2) is 6.04. The predicted molar refractivity (Wildman–Crippen MR) is 83.8 cm³/mol. The quantitative estimate of drug-likeness (QED) is 0.586. The molecule has 0 aliphatic rings. The first-order chi connectivity index (χ1) is 11.0. The van der Waals surface area contributed by atoms with E-state index in [2.05, 4.69) is 0 Å². The van der Waals surface area contributed by atoms with E-state index in [1.165, 1.54) is 0 Å². The zero-order valence-corrected chi connectivity index (χ0v) is 12.1. The van der Waals surface area contributed by atoms with Crippen LogP contribution in [0.25, 0.3) is 10.8 Å². The molecule has 3 aromatic rings. The standard InChI is InChI=1S/C18H13F2NO2/c19-15-8-14(17(21)9-16(15)20)18(22)23-10-11-5-6-12-3-1-2-4-13(12)7-11/h1-9H,10,21H2. The Labute approximate surface area is 131 Å². The highest BCUT2D eigenvalue weighted by Crippen LogP contribution is 2.20. The summed E-state index contributed by atoms with van der Waals surface area (Å²) >= 11 is 0. The lowest BCUT2D eigenvalue weighted by atomic mass is 10.1. The van der Waals surface area contributed by atoms with Crippen LogP contribution in [0.15, 0.2) is 54.6 Å². The van der Waals surface area contributed by atoms with Crippen LogP contribution in [0.3, 0.4) is 0 Å². The molecule has 0 bridgehead atoms. The van der Waals surface area contributed by atoms with E-state index < -0.39 is 17.6 Å². The van der Waals surface area contributed by atoms with E-state index in [1.807, 2.05) is 42.5 Å². The van der Waals surface area contributed by atoms with E-state index in [-0.39, 0.29) is 17.9 Å².